The summed E-state index contributed by atoms with van der Waals surface area (Å²) in [4.78, 5) is 12.2. The van der Waals surface area contributed by atoms with E-state index in [0.717, 1.165) is 5.56 Å². The summed E-state index contributed by atoms with van der Waals surface area (Å²) in [6.07, 6.45) is 0. The van der Waals surface area contributed by atoms with Gasteiger partial charge in [-0.25, -0.2) is 17.9 Å². The van der Waals surface area contributed by atoms with Crippen LogP contribution in [0.1, 0.15) is 16.1 Å². The number of carbonyl (C=O) groups excluding carboxylic acids is 1. The fourth-order valence-electron chi connectivity index (χ4n) is 2.46. The summed E-state index contributed by atoms with van der Waals surface area (Å²) < 4.78 is 41.9. The predicted molar refractivity (Wildman–Crippen MR) is 100 cm³/mol. The van der Waals surface area contributed by atoms with Crippen LogP contribution in [0.5, 0.6) is 5.75 Å². The van der Waals surface area contributed by atoms with Crippen molar-refractivity contribution in [3.8, 4) is 17.1 Å². The lowest BCUT2D eigenvalue weighted by molar-refractivity contribution is 0.0464. The van der Waals surface area contributed by atoms with Gasteiger partial charge in [0.25, 0.3) is 0 Å². The number of nitrogens with one attached hydrogen (secondary N) is 1. The highest BCUT2D eigenvalue weighted by atomic mass is 32.2. The summed E-state index contributed by atoms with van der Waals surface area (Å²) >= 11 is 0. The summed E-state index contributed by atoms with van der Waals surface area (Å²) in [7, 11) is -1.18. The van der Waals surface area contributed by atoms with E-state index in [4.69, 9.17) is 14.0 Å². The first kappa shape index (κ1) is 19.6. The molecule has 3 aromatic rings. The average Bonchev–Trinajstić information content (AvgIpc) is 3.21. The maximum absolute atomic E-state index is 12.3. The number of methoxy groups -OCH3 is 1. The van der Waals surface area contributed by atoms with Gasteiger partial charge < -0.3 is 14.0 Å². The van der Waals surface area contributed by atoms with E-state index in [1.54, 1.807) is 6.07 Å². The Labute approximate surface area is 162 Å². The molecule has 0 radical (unpaired) electrons. The van der Waals surface area contributed by atoms with E-state index >= 15 is 0 Å². The quantitative estimate of drug-likeness (QED) is 0.605. The van der Waals surface area contributed by atoms with E-state index in [-0.39, 0.29) is 22.8 Å². The highest BCUT2D eigenvalue weighted by Gasteiger charge is 2.21. The number of nitrogens with zero attached hydrogens (tertiary/aromatic N) is 1. The molecule has 9 heteroatoms. The van der Waals surface area contributed by atoms with E-state index < -0.39 is 16.0 Å². The smallest absolute Gasteiger partial charge is 0.338 e. The lowest BCUT2D eigenvalue weighted by atomic mass is 10.2. The largest absolute Gasteiger partial charge is 0.495 e. The normalized spacial score (nSPS) is 11.2. The lowest BCUT2D eigenvalue weighted by Gasteiger charge is -2.10. The number of hydrogen-bond donors (Lipinski definition) is 1. The molecule has 2 aromatic carbocycles. The van der Waals surface area contributed by atoms with Crippen molar-refractivity contribution in [1.82, 2.24) is 9.88 Å². The Hall–Kier alpha value is -3.17. The summed E-state index contributed by atoms with van der Waals surface area (Å²) in [5.41, 5.74) is 1.36. The number of aromatic nitrogens is 1. The molecule has 0 saturated carbocycles. The van der Waals surface area contributed by atoms with Gasteiger partial charge in [0.15, 0.2) is 5.76 Å². The van der Waals surface area contributed by atoms with Crippen LogP contribution in [0, 0.1) is 0 Å². The second-order valence-corrected chi connectivity index (χ2v) is 7.55. The molecule has 1 N–H and O–H groups in total. The Bertz CT molecular complexity index is 1080. The van der Waals surface area contributed by atoms with E-state index in [1.807, 2.05) is 30.3 Å². The number of sulfonamides is 1. The second-order valence-electron chi connectivity index (χ2n) is 5.70. The van der Waals surface area contributed by atoms with Crippen LogP contribution < -0.4 is 9.46 Å². The zero-order chi connectivity index (χ0) is 20.1. The topological polar surface area (TPSA) is 108 Å². The van der Waals surface area contributed by atoms with Crippen molar-refractivity contribution in [2.24, 2.45) is 0 Å². The Balaban J connectivity index is 1.74. The Kier molecular flexibility index (Phi) is 5.76. The third kappa shape index (κ3) is 4.21. The van der Waals surface area contributed by atoms with Crippen LogP contribution in [0.2, 0.25) is 0 Å². The SMILES string of the molecule is CNS(=O)(=O)c1cc(C(=O)OCc2cc(-c3ccccc3)on2)ccc1OC. The molecule has 0 unspecified atom stereocenters. The maximum Gasteiger partial charge on any atom is 0.338 e. The van der Waals surface area contributed by atoms with Gasteiger partial charge in [0, 0.05) is 11.6 Å². The molecule has 0 aliphatic carbocycles. The molecular weight excluding hydrogens is 384 g/mol. The van der Waals surface area contributed by atoms with Gasteiger partial charge in [-0.3, -0.25) is 0 Å². The van der Waals surface area contributed by atoms with Crippen LogP contribution in [0.25, 0.3) is 11.3 Å². The van der Waals surface area contributed by atoms with Gasteiger partial charge in [-0.1, -0.05) is 35.5 Å². The molecule has 0 saturated heterocycles. The number of rotatable bonds is 7. The zero-order valence-electron chi connectivity index (χ0n) is 15.2. The minimum Gasteiger partial charge on any atom is -0.495 e. The van der Waals surface area contributed by atoms with E-state index in [9.17, 15) is 13.2 Å². The first-order valence-electron chi connectivity index (χ1n) is 8.24. The van der Waals surface area contributed by atoms with Crippen LogP contribution in [-0.4, -0.2) is 33.7 Å². The third-order valence-corrected chi connectivity index (χ3v) is 5.36. The van der Waals surface area contributed by atoms with Crippen molar-refractivity contribution in [1.29, 1.82) is 0 Å². The van der Waals surface area contributed by atoms with Gasteiger partial charge in [-0.2, -0.15) is 0 Å². The summed E-state index contributed by atoms with van der Waals surface area (Å²) in [6, 6.07) is 15.1. The van der Waals surface area contributed by atoms with E-state index in [2.05, 4.69) is 9.88 Å². The Morgan fingerprint density at radius 2 is 1.89 bits per heavy atom. The molecule has 1 heterocycles. The summed E-state index contributed by atoms with van der Waals surface area (Å²) in [5, 5.41) is 3.88. The highest BCUT2D eigenvalue weighted by Crippen LogP contribution is 2.25. The number of hydrogen-bond acceptors (Lipinski definition) is 7. The Morgan fingerprint density at radius 3 is 2.57 bits per heavy atom. The van der Waals surface area contributed by atoms with Crippen LogP contribution in [0.4, 0.5) is 0 Å². The van der Waals surface area contributed by atoms with Crippen LogP contribution >= 0.6 is 0 Å². The number of benzene rings is 2. The molecule has 0 spiro atoms. The van der Waals surface area contributed by atoms with Crippen molar-refractivity contribution < 1.29 is 27.2 Å². The fourth-order valence-corrected chi connectivity index (χ4v) is 3.38. The predicted octanol–water partition coefficient (Wildman–Crippen LogP) is 2.62. The molecule has 0 aliphatic rings. The van der Waals surface area contributed by atoms with Gasteiger partial charge >= 0.3 is 5.97 Å². The molecule has 0 amide bonds. The van der Waals surface area contributed by atoms with Crippen molar-refractivity contribution in [3.05, 3.63) is 65.9 Å². The molecule has 0 aliphatic heterocycles. The molecule has 8 nitrogen and oxygen atoms in total. The van der Waals surface area contributed by atoms with Gasteiger partial charge in [-0.15, -0.1) is 0 Å². The van der Waals surface area contributed by atoms with Crippen molar-refractivity contribution in [3.63, 3.8) is 0 Å². The summed E-state index contributed by atoms with van der Waals surface area (Å²) in [6.45, 7) is -0.116. The van der Waals surface area contributed by atoms with Crippen LogP contribution in [0.3, 0.4) is 0 Å². The van der Waals surface area contributed by atoms with Gasteiger partial charge in [0.05, 0.1) is 12.7 Å². The summed E-state index contributed by atoms with van der Waals surface area (Å²) in [5.74, 6) is -0.0205. The maximum atomic E-state index is 12.3. The first-order valence-corrected chi connectivity index (χ1v) is 9.72. The van der Waals surface area contributed by atoms with Gasteiger partial charge in [-0.05, 0) is 25.2 Å². The second kappa shape index (κ2) is 8.24. The van der Waals surface area contributed by atoms with E-state index in [0.29, 0.717) is 11.5 Å². The molecule has 146 valence electrons. The molecule has 0 atom stereocenters. The lowest BCUT2D eigenvalue weighted by Crippen LogP contribution is -2.20. The molecule has 0 fully saturated rings. The standard InChI is InChI=1S/C19H18N2O6S/c1-20-28(23,24)18-10-14(8-9-16(18)25-2)19(22)26-12-15-11-17(27-21-15)13-6-4-3-5-7-13/h3-11,20H,12H2,1-2H3. The van der Waals surface area contributed by atoms with Crippen molar-refractivity contribution in [2.75, 3.05) is 14.2 Å². The third-order valence-electron chi connectivity index (χ3n) is 3.93. The average molecular weight is 402 g/mol. The minimum absolute atomic E-state index is 0.0707. The number of carbonyl (C=O) groups is 1. The van der Waals surface area contributed by atoms with E-state index in [1.165, 1.54) is 32.4 Å². The van der Waals surface area contributed by atoms with Crippen LogP contribution in [-0.2, 0) is 21.4 Å². The molecule has 0 bridgehead atoms. The molecule has 28 heavy (non-hydrogen) atoms. The molecule has 1 aromatic heterocycles. The number of ether oxygens (including phenoxy) is 2. The van der Waals surface area contributed by atoms with Crippen molar-refractivity contribution >= 4 is 16.0 Å². The number of esters is 1. The fraction of sp³-hybridized carbons (Fsp3) is 0.158. The van der Waals surface area contributed by atoms with Gasteiger partial charge in [0.2, 0.25) is 10.0 Å². The molecular formula is C19H18N2O6S. The molecule has 3 rings (SSSR count). The zero-order valence-corrected chi connectivity index (χ0v) is 16.0. The highest BCUT2D eigenvalue weighted by molar-refractivity contribution is 7.89. The van der Waals surface area contributed by atoms with Crippen LogP contribution in [0.15, 0.2) is 64.0 Å². The first-order chi connectivity index (χ1) is 13.4. The monoisotopic (exact) mass is 402 g/mol. The van der Waals surface area contributed by atoms with Crippen molar-refractivity contribution in [2.45, 2.75) is 11.5 Å². The van der Waals surface area contributed by atoms with Gasteiger partial charge in [0.1, 0.15) is 22.9 Å². The Morgan fingerprint density at radius 1 is 1.14 bits per heavy atom. The minimum atomic E-state index is -3.80.